The number of benzene rings is 1. The van der Waals surface area contributed by atoms with E-state index in [1.54, 1.807) is 14.2 Å². The zero-order valence-corrected chi connectivity index (χ0v) is 19.5. The number of methoxy groups -OCH3 is 3. The number of nitrogens with zero attached hydrogens (tertiary/aromatic N) is 2. The quantitative estimate of drug-likeness (QED) is 0.598. The minimum Gasteiger partial charge on any atom is -0.493 e. The van der Waals surface area contributed by atoms with E-state index in [-0.39, 0.29) is 18.4 Å². The van der Waals surface area contributed by atoms with Crippen LogP contribution in [0.1, 0.15) is 44.2 Å². The van der Waals surface area contributed by atoms with Gasteiger partial charge in [-0.1, -0.05) is 24.8 Å². The van der Waals surface area contributed by atoms with Gasteiger partial charge in [0, 0.05) is 11.7 Å². The molecule has 1 saturated carbocycles. The number of allylic oxidation sites excluding steroid dienone is 1. The van der Waals surface area contributed by atoms with Crippen LogP contribution < -0.4 is 14.8 Å². The second kappa shape index (κ2) is 9.28. The lowest BCUT2D eigenvalue weighted by Crippen LogP contribution is -2.38. The molecule has 0 radical (unpaired) electrons. The molecule has 1 fully saturated rings. The Morgan fingerprint density at radius 2 is 1.94 bits per heavy atom. The van der Waals surface area contributed by atoms with Gasteiger partial charge in [0.05, 0.1) is 45.1 Å². The van der Waals surface area contributed by atoms with Crippen molar-refractivity contribution in [3.05, 3.63) is 46.1 Å². The maximum atomic E-state index is 12.9. The molecule has 32 heavy (non-hydrogen) atoms. The number of amides is 1. The van der Waals surface area contributed by atoms with Gasteiger partial charge in [0.1, 0.15) is 0 Å². The number of amidine groups is 1. The van der Waals surface area contributed by atoms with Gasteiger partial charge in [-0.2, -0.15) is 0 Å². The Morgan fingerprint density at radius 3 is 2.56 bits per heavy atom. The summed E-state index contributed by atoms with van der Waals surface area (Å²) in [5.74, 6) is 0.676. The van der Waals surface area contributed by atoms with Gasteiger partial charge >= 0.3 is 5.97 Å². The fourth-order valence-corrected chi connectivity index (χ4v) is 4.86. The number of fused-ring (bicyclic) bond motifs is 1. The van der Waals surface area contributed by atoms with Gasteiger partial charge in [-0.3, -0.25) is 4.79 Å². The van der Waals surface area contributed by atoms with Crippen molar-refractivity contribution >= 4 is 28.8 Å². The van der Waals surface area contributed by atoms with E-state index in [9.17, 15) is 9.59 Å². The van der Waals surface area contributed by atoms with E-state index in [1.165, 1.54) is 18.9 Å². The second-order valence-electron chi connectivity index (χ2n) is 7.73. The number of carbonyl (C=O) groups is 2. The second-order valence-corrected chi connectivity index (χ2v) is 8.57. The molecular formula is C23H27N3O5S. The molecule has 170 valence electrons. The molecule has 1 aliphatic carbocycles. The summed E-state index contributed by atoms with van der Waals surface area (Å²) in [5.41, 5.74) is 2.75. The molecule has 8 nitrogen and oxygen atoms in total. The highest BCUT2D eigenvalue weighted by Crippen LogP contribution is 2.46. The Hall–Kier alpha value is -2.94. The summed E-state index contributed by atoms with van der Waals surface area (Å²) in [6.45, 7) is 1.96. The van der Waals surface area contributed by atoms with Gasteiger partial charge in [-0.05, 0) is 42.4 Å². The molecule has 0 saturated heterocycles. The Bertz CT molecular complexity index is 1030. The number of nitrogens with one attached hydrogen (secondary N) is 1. The topological polar surface area (TPSA) is 89.5 Å². The lowest BCUT2D eigenvalue weighted by atomic mass is 9.92. The first-order valence-electron chi connectivity index (χ1n) is 10.6. The van der Waals surface area contributed by atoms with Crippen LogP contribution in [0.3, 0.4) is 0 Å². The maximum absolute atomic E-state index is 12.9. The largest absolute Gasteiger partial charge is 0.493 e. The Labute approximate surface area is 191 Å². The van der Waals surface area contributed by atoms with Crippen LogP contribution in [-0.2, 0) is 14.3 Å². The maximum Gasteiger partial charge on any atom is 0.338 e. The van der Waals surface area contributed by atoms with Gasteiger partial charge in [0.25, 0.3) is 0 Å². The SMILES string of the molecule is CCC1=C(C(=O)OC)[C@H](c2ccc(OC)c(OC)c2)N2C(CC(=O)NC3CC3)=CSC2=N1. The van der Waals surface area contributed by atoms with E-state index in [2.05, 4.69) is 5.32 Å². The van der Waals surface area contributed by atoms with E-state index >= 15 is 0 Å². The molecule has 1 aromatic carbocycles. The number of thioether (sulfide) groups is 1. The summed E-state index contributed by atoms with van der Waals surface area (Å²) in [6.07, 6.45) is 2.84. The summed E-state index contributed by atoms with van der Waals surface area (Å²) in [5, 5.41) is 5.71. The number of hydrogen-bond donors (Lipinski definition) is 1. The predicted molar refractivity (Wildman–Crippen MR) is 122 cm³/mol. The van der Waals surface area contributed by atoms with Gasteiger partial charge in [0.2, 0.25) is 5.91 Å². The molecule has 1 aromatic rings. The van der Waals surface area contributed by atoms with Crippen molar-refractivity contribution in [2.24, 2.45) is 4.99 Å². The highest BCUT2D eigenvalue weighted by atomic mass is 32.2. The highest BCUT2D eigenvalue weighted by Gasteiger charge is 2.42. The van der Waals surface area contributed by atoms with Gasteiger partial charge in [0.15, 0.2) is 16.7 Å². The fourth-order valence-electron chi connectivity index (χ4n) is 3.92. The average molecular weight is 458 g/mol. The van der Waals surface area contributed by atoms with Crippen LogP contribution in [0.15, 0.2) is 45.6 Å². The van der Waals surface area contributed by atoms with Crippen molar-refractivity contribution in [2.45, 2.75) is 44.7 Å². The number of aliphatic imine (C=N–C) groups is 1. The number of esters is 1. The summed E-state index contributed by atoms with van der Waals surface area (Å²) in [6, 6.07) is 5.35. The van der Waals surface area contributed by atoms with Crippen LogP contribution >= 0.6 is 11.8 Å². The zero-order chi connectivity index (χ0) is 22.8. The molecule has 4 rings (SSSR count). The van der Waals surface area contributed by atoms with Crippen LogP contribution in [0.2, 0.25) is 0 Å². The number of rotatable bonds is 8. The Kier molecular flexibility index (Phi) is 6.45. The molecule has 2 heterocycles. The molecule has 0 aromatic heterocycles. The van der Waals surface area contributed by atoms with Crippen molar-refractivity contribution in [3.63, 3.8) is 0 Å². The Morgan fingerprint density at radius 1 is 1.19 bits per heavy atom. The lowest BCUT2D eigenvalue weighted by molar-refractivity contribution is -0.136. The summed E-state index contributed by atoms with van der Waals surface area (Å²) < 4.78 is 16.0. The van der Waals surface area contributed by atoms with Crippen molar-refractivity contribution in [2.75, 3.05) is 21.3 Å². The highest BCUT2D eigenvalue weighted by molar-refractivity contribution is 8.16. The van der Waals surface area contributed by atoms with Crippen LogP contribution in [0, 0.1) is 0 Å². The summed E-state index contributed by atoms with van der Waals surface area (Å²) in [7, 11) is 4.52. The van der Waals surface area contributed by atoms with E-state index in [0.29, 0.717) is 29.2 Å². The fraction of sp³-hybridized carbons (Fsp3) is 0.435. The first-order chi connectivity index (χ1) is 15.5. The zero-order valence-electron chi connectivity index (χ0n) is 18.6. The summed E-state index contributed by atoms with van der Waals surface area (Å²) in [4.78, 5) is 32.2. The minimum absolute atomic E-state index is 0.0310. The first-order valence-corrected chi connectivity index (χ1v) is 11.4. The van der Waals surface area contributed by atoms with Gasteiger partial charge < -0.3 is 24.4 Å². The van der Waals surface area contributed by atoms with E-state index < -0.39 is 12.0 Å². The third-order valence-electron chi connectivity index (χ3n) is 5.64. The first kappa shape index (κ1) is 22.3. The van der Waals surface area contributed by atoms with E-state index in [4.69, 9.17) is 19.2 Å². The molecular weight excluding hydrogens is 430 g/mol. The number of carbonyl (C=O) groups excluding carboxylic acids is 2. The molecule has 1 N–H and O–H groups in total. The molecule has 2 aliphatic heterocycles. The lowest BCUT2D eigenvalue weighted by Gasteiger charge is -2.36. The van der Waals surface area contributed by atoms with E-state index in [0.717, 1.165) is 29.3 Å². The van der Waals surface area contributed by atoms with Crippen LogP contribution in [0.5, 0.6) is 11.5 Å². The standard InChI is InChI=1S/C23H27N3O5S/c1-5-16-20(22(28)31-4)21(13-6-9-17(29-2)18(10-13)30-3)26-15(12-32-23(26)25-16)11-19(27)24-14-7-8-14/h6,9-10,12,14,21H,5,7-8,11H2,1-4H3,(H,24,27)/t21-/m0/s1. The van der Waals surface area contributed by atoms with Crippen LogP contribution in [-0.4, -0.2) is 49.3 Å². The van der Waals surface area contributed by atoms with Crippen molar-refractivity contribution < 1.29 is 23.8 Å². The minimum atomic E-state index is -0.500. The molecule has 0 unspecified atom stereocenters. The van der Waals surface area contributed by atoms with Gasteiger partial charge in [-0.25, -0.2) is 9.79 Å². The molecule has 0 spiro atoms. The summed E-state index contributed by atoms with van der Waals surface area (Å²) >= 11 is 1.46. The van der Waals surface area contributed by atoms with Crippen molar-refractivity contribution in [1.29, 1.82) is 0 Å². The van der Waals surface area contributed by atoms with Crippen molar-refractivity contribution in [3.8, 4) is 11.5 Å². The predicted octanol–water partition coefficient (Wildman–Crippen LogP) is 3.51. The third-order valence-corrected chi connectivity index (χ3v) is 6.53. The number of ether oxygens (including phenoxy) is 3. The van der Waals surface area contributed by atoms with Crippen LogP contribution in [0.25, 0.3) is 0 Å². The Balaban J connectivity index is 1.78. The normalized spacial score (nSPS) is 19.8. The third kappa shape index (κ3) is 4.21. The molecule has 1 atom stereocenters. The molecule has 9 heteroatoms. The smallest absolute Gasteiger partial charge is 0.338 e. The van der Waals surface area contributed by atoms with E-state index in [1.807, 2.05) is 35.4 Å². The molecule has 1 amide bonds. The van der Waals surface area contributed by atoms with Gasteiger partial charge in [-0.15, -0.1) is 0 Å². The van der Waals surface area contributed by atoms with Crippen LogP contribution in [0.4, 0.5) is 0 Å². The number of hydrogen-bond acceptors (Lipinski definition) is 8. The molecule has 0 bridgehead atoms. The molecule has 3 aliphatic rings. The average Bonchev–Trinajstić information content (AvgIpc) is 3.54. The monoisotopic (exact) mass is 457 g/mol. The van der Waals surface area contributed by atoms with Crippen molar-refractivity contribution in [1.82, 2.24) is 10.2 Å².